The second-order valence-corrected chi connectivity index (χ2v) is 3.00. The van der Waals surface area contributed by atoms with Crippen LogP contribution in [0.1, 0.15) is 11.6 Å². The number of ether oxygens (including phenoxy) is 1. The van der Waals surface area contributed by atoms with Crippen LogP contribution in [0.3, 0.4) is 0 Å². The van der Waals surface area contributed by atoms with E-state index in [1.807, 2.05) is 0 Å². The average Bonchev–Trinajstić information content (AvgIpc) is 2.26. The minimum Gasteiger partial charge on any atom is -0.496 e. The molecule has 1 rings (SSSR count). The molecule has 1 aromatic rings. The number of carbonyl (C=O) groups is 1. The molecule has 0 fully saturated rings. The van der Waals surface area contributed by atoms with E-state index in [4.69, 9.17) is 15.6 Å². The van der Waals surface area contributed by atoms with Crippen LogP contribution in [0.5, 0.6) is 5.75 Å². The number of nitro benzene ring substituents is 1. The van der Waals surface area contributed by atoms with Crippen molar-refractivity contribution in [2.75, 3.05) is 7.11 Å². The molecule has 0 spiro atoms. The molecule has 0 heterocycles. The van der Waals surface area contributed by atoms with Gasteiger partial charge in [0.15, 0.2) is 0 Å². The molecular formula is C9H10N2O5. The molecule has 0 aromatic heterocycles. The van der Waals surface area contributed by atoms with Crippen LogP contribution in [-0.2, 0) is 4.79 Å². The van der Waals surface area contributed by atoms with Crippen LogP contribution in [0.15, 0.2) is 18.2 Å². The summed E-state index contributed by atoms with van der Waals surface area (Å²) in [7, 11) is 1.29. The van der Waals surface area contributed by atoms with Crippen molar-refractivity contribution in [1.29, 1.82) is 0 Å². The number of nitrogens with two attached hydrogens (primary N) is 1. The molecule has 0 saturated heterocycles. The summed E-state index contributed by atoms with van der Waals surface area (Å²) in [6, 6.07) is 2.32. The summed E-state index contributed by atoms with van der Waals surface area (Å²) in [5, 5.41) is 19.2. The molecule has 7 nitrogen and oxygen atoms in total. The summed E-state index contributed by atoms with van der Waals surface area (Å²) in [4.78, 5) is 20.6. The number of hydrogen-bond acceptors (Lipinski definition) is 5. The molecule has 1 unspecified atom stereocenters. The van der Waals surface area contributed by atoms with Crippen molar-refractivity contribution in [3.63, 3.8) is 0 Å². The van der Waals surface area contributed by atoms with Crippen molar-refractivity contribution in [2.24, 2.45) is 5.73 Å². The lowest BCUT2D eigenvalue weighted by molar-refractivity contribution is -0.384. The Morgan fingerprint density at radius 1 is 1.62 bits per heavy atom. The number of hydrogen-bond donors (Lipinski definition) is 2. The lowest BCUT2D eigenvalue weighted by atomic mass is 10.1. The fourth-order valence-corrected chi connectivity index (χ4v) is 1.20. The van der Waals surface area contributed by atoms with E-state index in [0.29, 0.717) is 0 Å². The Morgan fingerprint density at radius 3 is 2.69 bits per heavy atom. The molecule has 16 heavy (non-hydrogen) atoms. The van der Waals surface area contributed by atoms with Crippen LogP contribution in [0.2, 0.25) is 0 Å². The van der Waals surface area contributed by atoms with Gasteiger partial charge in [-0.3, -0.25) is 14.9 Å². The van der Waals surface area contributed by atoms with Gasteiger partial charge in [0.1, 0.15) is 11.8 Å². The maximum absolute atomic E-state index is 10.7. The number of methoxy groups -OCH3 is 1. The Balaban J connectivity index is 3.21. The Hall–Kier alpha value is -2.15. The van der Waals surface area contributed by atoms with E-state index in [1.54, 1.807) is 0 Å². The molecule has 0 aliphatic carbocycles. The van der Waals surface area contributed by atoms with E-state index >= 15 is 0 Å². The van der Waals surface area contributed by atoms with Gasteiger partial charge in [-0.25, -0.2) is 0 Å². The third-order valence-corrected chi connectivity index (χ3v) is 2.03. The van der Waals surface area contributed by atoms with Gasteiger partial charge in [-0.1, -0.05) is 0 Å². The number of nitrogens with zero attached hydrogens (tertiary/aromatic N) is 1. The monoisotopic (exact) mass is 226 g/mol. The summed E-state index contributed by atoms with van der Waals surface area (Å²) >= 11 is 0. The summed E-state index contributed by atoms with van der Waals surface area (Å²) in [5.74, 6) is -1.14. The van der Waals surface area contributed by atoms with E-state index in [9.17, 15) is 14.9 Å². The molecule has 1 atom stereocenters. The van der Waals surface area contributed by atoms with E-state index in [-0.39, 0.29) is 17.0 Å². The van der Waals surface area contributed by atoms with Gasteiger partial charge in [0.25, 0.3) is 5.69 Å². The highest BCUT2D eigenvalue weighted by atomic mass is 16.6. The van der Waals surface area contributed by atoms with Gasteiger partial charge in [0.2, 0.25) is 0 Å². The topological polar surface area (TPSA) is 116 Å². The molecule has 7 heteroatoms. The summed E-state index contributed by atoms with van der Waals surface area (Å²) in [6.07, 6.45) is 0. The number of benzene rings is 1. The first-order valence-electron chi connectivity index (χ1n) is 4.28. The van der Waals surface area contributed by atoms with Gasteiger partial charge in [-0.15, -0.1) is 0 Å². The van der Waals surface area contributed by atoms with Gasteiger partial charge in [-0.2, -0.15) is 0 Å². The van der Waals surface area contributed by atoms with E-state index in [0.717, 1.165) is 6.07 Å². The standard InChI is InChI=1S/C9H10N2O5/c1-16-7-4-5(11(14)15)2-3-6(7)8(10)9(12)13/h2-4,8H,10H2,1H3,(H,12,13). The van der Waals surface area contributed by atoms with Gasteiger partial charge in [0, 0.05) is 11.6 Å². The highest BCUT2D eigenvalue weighted by molar-refractivity contribution is 5.76. The fraction of sp³-hybridized carbons (Fsp3) is 0.222. The Bertz CT molecular complexity index is 432. The lowest BCUT2D eigenvalue weighted by Gasteiger charge is -2.11. The molecular weight excluding hydrogens is 216 g/mol. The second kappa shape index (κ2) is 4.58. The molecule has 0 aliphatic rings. The highest BCUT2D eigenvalue weighted by Crippen LogP contribution is 2.28. The molecule has 3 N–H and O–H groups in total. The SMILES string of the molecule is COc1cc([N+](=O)[O-])ccc1C(N)C(=O)O. The first-order valence-corrected chi connectivity index (χ1v) is 4.28. The lowest BCUT2D eigenvalue weighted by Crippen LogP contribution is -2.21. The summed E-state index contributed by atoms with van der Waals surface area (Å²) in [6.45, 7) is 0. The number of aliphatic carboxylic acids is 1. The molecule has 1 aromatic carbocycles. The molecule has 0 saturated carbocycles. The van der Waals surface area contributed by atoms with Crippen molar-refractivity contribution < 1.29 is 19.6 Å². The smallest absolute Gasteiger partial charge is 0.325 e. The minimum atomic E-state index is -1.27. The number of nitro groups is 1. The molecule has 0 amide bonds. The van der Waals surface area contributed by atoms with Crippen molar-refractivity contribution in [3.05, 3.63) is 33.9 Å². The zero-order valence-electron chi connectivity index (χ0n) is 8.41. The molecule has 86 valence electrons. The number of non-ortho nitro benzene ring substituents is 1. The number of carboxylic acid groups (broad SMARTS) is 1. The van der Waals surface area contributed by atoms with Crippen molar-refractivity contribution in [1.82, 2.24) is 0 Å². The Morgan fingerprint density at radius 2 is 2.25 bits per heavy atom. The zero-order chi connectivity index (χ0) is 12.3. The molecule has 0 bridgehead atoms. The maximum atomic E-state index is 10.7. The van der Waals surface area contributed by atoms with Crippen LogP contribution in [0.4, 0.5) is 5.69 Å². The summed E-state index contributed by atoms with van der Waals surface area (Å²) < 4.78 is 4.86. The van der Waals surface area contributed by atoms with E-state index in [1.165, 1.54) is 19.2 Å². The molecule has 0 radical (unpaired) electrons. The Labute approximate surface area is 90.6 Å². The third-order valence-electron chi connectivity index (χ3n) is 2.03. The normalized spacial score (nSPS) is 11.9. The van der Waals surface area contributed by atoms with Crippen LogP contribution in [0.25, 0.3) is 0 Å². The number of rotatable bonds is 4. The van der Waals surface area contributed by atoms with Crippen LogP contribution < -0.4 is 10.5 Å². The minimum absolute atomic E-state index is 0.0871. The van der Waals surface area contributed by atoms with Gasteiger partial charge >= 0.3 is 5.97 Å². The fourth-order valence-electron chi connectivity index (χ4n) is 1.20. The van der Waals surface area contributed by atoms with Gasteiger partial charge in [-0.05, 0) is 6.07 Å². The van der Waals surface area contributed by atoms with Crippen LogP contribution in [0, 0.1) is 10.1 Å². The van der Waals surface area contributed by atoms with E-state index < -0.39 is 16.9 Å². The predicted molar refractivity (Wildman–Crippen MR) is 54.2 cm³/mol. The second-order valence-electron chi connectivity index (χ2n) is 3.00. The third kappa shape index (κ3) is 2.26. The van der Waals surface area contributed by atoms with E-state index in [2.05, 4.69) is 0 Å². The largest absolute Gasteiger partial charge is 0.496 e. The van der Waals surface area contributed by atoms with Crippen molar-refractivity contribution in [3.8, 4) is 5.75 Å². The highest BCUT2D eigenvalue weighted by Gasteiger charge is 2.21. The molecule has 0 aliphatic heterocycles. The predicted octanol–water partition coefficient (Wildman–Crippen LogP) is 0.688. The van der Waals surface area contributed by atoms with Gasteiger partial charge < -0.3 is 15.6 Å². The first kappa shape index (κ1) is 11.9. The summed E-state index contributed by atoms with van der Waals surface area (Å²) in [5.41, 5.74) is 5.40. The zero-order valence-corrected chi connectivity index (χ0v) is 8.41. The van der Waals surface area contributed by atoms with Crippen molar-refractivity contribution >= 4 is 11.7 Å². The average molecular weight is 226 g/mol. The van der Waals surface area contributed by atoms with Crippen LogP contribution in [-0.4, -0.2) is 23.1 Å². The first-order chi connectivity index (χ1) is 7.47. The Kier molecular flexibility index (Phi) is 3.41. The number of carboxylic acids is 1. The van der Waals surface area contributed by atoms with Crippen LogP contribution >= 0.6 is 0 Å². The van der Waals surface area contributed by atoms with Gasteiger partial charge in [0.05, 0.1) is 18.1 Å². The van der Waals surface area contributed by atoms with Crippen molar-refractivity contribution in [2.45, 2.75) is 6.04 Å². The maximum Gasteiger partial charge on any atom is 0.325 e. The quantitative estimate of drug-likeness (QED) is 0.576.